The number of halogens is 1. The molecule has 0 atom stereocenters. The predicted molar refractivity (Wildman–Crippen MR) is 147 cm³/mol. The standard InChI is InChI=1S/C30H32BrN3O2/c1-2-3-15-34-27(19-32-30(34)25-9-5-4-6-10-25)21-33(16-14-23-8-7-11-26(31)17-23)20-24-12-13-28-29(18-24)36-22-35-28/h4-13,17-19H,2-3,14-16,20-22H2,1H3. The summed E-state index contributed by atoms with van der Waals surface area (Å²) < 4.78 is 14.7. The molecule has 0 N–H and O–H groups in total. The van der Waals surface area contributed by atoms with Crippen molar-refractivity contribution in [1.29, 1.82) is 0 Å². The fourth-order valence-electron chi connectivity index (χ4n) is 4.64. The number of fused-ring (bicyclic) bond motifs is 1. The van der Waals surface area contributed by atoms with E-state index in [1.165, 1.54) is 16.8 Å². The Bertz CT molecular complexity index is 1290. The van der Waals surface area contributed by atoms with Crippen LogP contribution in [0, 0.1) is 0 Å². The summed E-state index contributed by atoms with van der Waals surface area (Å²) in [4.78, 5) is 7.38. The van der Waals surface area contributed by atoms with Crippen molar-refractivity contribution in [2.24, 2.45) is 0 Å². The van der Waals surface area contributed by atoms with Gasteiger partial charge in [0.2, 0.25) is 6.79 Å². The lowest BCUT2D eigenvalue weighted by molar-refractivity contribution is 0.174. The fourth-order valence-corrected chi connectivity index (χ4v) is 5.09. The highest BCUT2D eigenvalue weighted by molar-refractivity contribution is 9.10. The van der Waals surface area contributed by atoms with E-state index in [0.717, 1.165) is 72.8 Å². The second-order valence-corrected chi connectivity index (χ2v) is 10.1. The molecule has 4 aromatic rings. The Morgan fingerprint density at radius 1 is 0.917 bits per heavy atom. The number of rotatable bonds is 11. The zero-order valence-corrected chi connectivity index (χ0v) is 22.3. The molecule has 0 bridgehead atoms. The Morgan fingerprint density at radius 2 is 1.78 bits per heavy atom. The van der Waals surface area contributed by atoms with E-state index < -0.39 is 0 Å². The molecular weight excluding hydrogens is 514 g/mol. The molecule has 0 fully saturated rings. The van der Waals surface area contributed by atoms with Crippen LogP contribution in [0.5, 0.6) is 11.5 Å². The van der Waals surface area contributed by atoms with Gasteiger partial charge in [-0.15, -0.1) is 0 Å². The van der Waals surface area contributed by atoms with Crippen molar-refractivity contribution in [2.75, 3.05) is 13.3 Å². The minimum absolute atomic E-state index is 0.296. The number of ether oxygens (including phenoxy) is 2. The quantitative estimate of drug-likeness (QED) is 0.202. The summed E-state index contributed by atoms with van der Waals surface area (Å²) in [5.41, 5.74) is 4.95. The molecule has 0 saturated carbocycles. The maximum Gasteiger partial charge on any atom is 0.231 e. The minimum Gasteiger partial charge on any atom is -0.454 e. The van der Waals surface area contributed by atoms with Crippen LogP contribution in [0.3, 0.4) is 0 Å². The highest BCUT2D eigenvalue weighted by atomic mass is 79.9. The molecule has 6 heteroatoms. The largest absolute Gasteiger partial charge is 0.454 e. The van der Waals surface area contributed by atoms with Crippen LogP contribution in [0.1, 0.15) is 36.6 Å². The highest BCUT2D eigenvalue weighted by Gasteiger charge is 2.18. The number of imidazole rings is 1. The topological polar surface area (TPSA) is 39.5 Å². The number of hydrogen-bond acceptors (Lipinski definition) is 4. The molecule has 36 heavy (non-hydrogen) atoms. The van der Waals surface area contributed by atoms with E-state index in [1.54, 1.807) is 0 Å². The molecule has 0 spiro atoms. The molecule has 1 aliphatic heterocycles. The van der Waals surface area contributed by atoms with Gasteiger partial charge in [-0.1, -0.05) is 77.8 Å². The summed E-state index contributed by atoms with van der Waals surface area (Å²) in [5, 5.41) is 0. The van der Waals surface area contributed by atoms with E-state index in [2.05, 4.69) is 105 Å². The lowest BCUT2D eigenvalue weighted by Gasteiger charge is -2.24. The van der Waals surface area contributed by atoms with E-state index in [-0.39, 0.29) is 0 Å². The Kier molecular flexibility index (Phi) is 8.04. The average Bonchev–Trinajstić information content (AvgIpc) is 3.53. The molecule has 0 aliphatic carbocycles. The Labute approximate surface area is 221 Å². The third-order valence-corrected chi connectivity index (χ3v) is 7.03. The van der Waals surface area contributed by atoms with Crippen molar-refractivity contribution in [3.8, 4) is 22.9 Å². The van der Waals surface area contributed by atoms with Gasteiger partial charge in [-0.2, -0.15) is 0 Å². The molecule has 0 amide bonds. The van der Waals surface area contributed by atoms with Gasteiger partial charge in [0, 0.05) is 36.2 Å². The normalized spacial score (nSPS) is 12.4. The third kappa shape index (κ3) is 6.00. The van der Waals surface area contributed by atoms with Crippen molar-refractivity contribution in [1.82, 2.24) is 14.5 Å². The molecule has 1 aromatic heterocycles. The van der Waals surface area contributed by atoms with Crippen molar-refractivity contribution < 1.29 is 9.47 Å². The first-order valence-corrected chi connectivity index (χ1v) is 13.4. The molecule has 0 saturated heterocycles. The molecule has 1 aliphatic rings. The average molecular weight is 547 g/mol. The van der Waals surface area contributed by atoms with Crippen LogP contribution < -0.4 is 9.47 Å². The summed E-state index contributed by atoms with van der Waals surface area (Å²) in [5.74, 6) is 2.71. The van der Waals surface area contributed by atoms with Crippen LogP contribution in [-0.2, 0) is 26.1 Å². The van der Waals surface area contributed by atoms with Crippen LogP contribution in [0.2, 0.25) is 0 Å². The van der Waals surface area contributed by atoms with E-state index >= 15 is 0 Å². The van der Waals surface area contributed by atoms with Crippen LogP contribution in [0.25, 0.3) is 11.4 Å². The molecule has 5 rings (SSSR count). The Hall–Kier alpha value is -3.09. The van der Waals surface area contributed by atoms with Crippen LogP contribution in [0.4, 0.5) is 0 Å². The summed E-state index contributed by atoms with van der Waals surface area (Å²) in [6.07, 6.45) is 5.31. The van der Waals surface area contributed by atoms with Gasteiger partial charge in [-0.3, -0.25) is 4.90 Å². The lowest BCUT2D eigenvalue weighted by atomic mass is 10.1. The number of hydrogen-bond donors (Lipinski definition) is 0. The number of aromatic nitrogens is 2. The summed E-state index contributed by atoms with van der Waals surface area (Å²) in [7, 11) is 0. The smallest absolute Gasteiger partial charge is 0.231 e. The van der Waals surface area contributed by atoms with Crippen molar-refractivity contribution in [3.05, 3.63) is 100 Å². The second-order valence-electron chi connectivity index (χ2n) is 9.22. The summed E-state index contributed by atoms with van der Waals surface area (Å²) in [6.45, 7) is 6.09. The highest BCUT2D eigenvalue weighted by Crippen LogP contribution is 2.33. The predicted octanol–water partition coefficient (Wildman–Crippen LogP) is 7.09. The van der Waals surface area contributed by atoms with Gasteiger partial charge >= 0.3 is 0 Å². The van der Waals surface area contributed by atoms with Gasteiger partial charge in [0.25, 0.3) is 0 Å². The van der Waals surface area contributed by atoms with Crippen molar-refractivity contribution in [2.45, 2.75) is 45.8 Å². The molecule has 0 unspecified atom stereocenters. The molecule has 5 nitrogen and oxygen atoms in total. The van der Waals surface area contributed by atoms with Crippen molar-refractivity contribution >= 4 is 15.9 Å². The van der Waals surface area contributed by atoms with E-state index in [4.69, 9.17) is 14.5 Å². The van der Waals surface area contributed by atoms with E-state index in [1.807, 2.05) is 6.07 Å². The summed E-state index contributed by atoms with van der Waals surface area (Å²) >= 11 is 3.61. The zero-order chi connectivity index (χ0) is 24.7. The minimum atomic E-state index is 0.296. The van der Waals surface area contributed by atoms with Gasteiger partial charge < -0.3 is 14.0 Å². The molecule has 0 radical (unpaired) electrons. The van der Waals surface area contributed by atoms with Gasteiger partial charge in [0.15, 0.2) is 11.5 Å². The van der Waals surface area contributed by atoms with Gasteiger partial charge in [0.05, 0.1) is 11.9 Å². The SMILES string of the molecule is CCCCn1c(CN(CCc2cccc(Br)c2)Cc2ccc3c(c2)OCO3)cnc1-c1ccccc1. The van der Waals surface area contributed by atoms with Gasteiger partial charge in [-0.05, 0) is 48.2 Å². The van der Waals surface area contributed by atoms with Crippen LogP contribution in [0.15, 0.2) is 83.5 Å². The second kappa shape index (κ2) is 11.8. The summed E-state index contributed by atoms with van der Waals surface area (Å²) in [6, 6.07) is 25.4. The first-order valence-electron chi connectivity index (χ1n) is 12.6. The van der Waals surface area contributed by atoms with Crippen molar-refractivity contribution in [3.63, 3.8) is 0 Å². The Morgan fingerprint density at radius 3 is 2.61 bits per heavy atom. The zero-order valence-electron chi connectivity index (χ0n) is 20.7. The number of nitrogens with zero attached hydrogens (tertiary/aromatic N) is 3. The third-order valence-electron chi connectivity index (χ3n) is 6.54. The first-order chi connectivity index (χ1) is 17.7. The maximum absolute atomic E-state index is 5.64. The fraction of sp³-hybridized carbons (Fsp3) is 0.300. The van der Waals surface area contributed by atoms with E-state index in [0.29, 0.717) is 6.79 Å². The van der Waals surface area contributed by atoms with E-state index in [9.17, 15) is 0 Å². The monoisotopic (exact) mass is 545 g/mol. The van der Waals surface area contributed by atoms with Crippen LogP contribution in [-0.4, -0.2) is 27.8 Å². The molecular formula is C30H32BrN3O2. The van der Waals surface area contributed by atoms with Gasteiger partial charge in [0.1, 0.15) is 5.82 Å². The van der Waals surface area contributed by atoms with Gasteiger partial charge in [-0.25, -0.2) is 4.98 Å². The number of benzene rings is 3. The Balaban J connectivity index is 1.41. The number of unbranched alkanes of at least 4 members (excludes halogenated alkanes) is 1. The lowest BCUT2D eigenvalue weighted by Crippen LogP contribution is -2.27. The molecule has 186 valence electrons. The molecule has 2 heterocycles. The maximum atomic E-state index is 5.64. The first kappa shape index (κ1) is 24.6. The van der Waals surface area contributed by atoms with Crippen LogP contribution >= 0.6 is 15.9 Å². The molecule has 3 aromatic carbocycles.